The Hall–Kier alpha value is -0.900. The van der Waals surface area contributed by atoms with E-state index in [1.165, 1.54) is 0 Å². The Kier molecular flexibility index (Phi) is 10.4. The van der Waals surface area contributed by atoms with E-state index < -0.39 is 5.97 Å². The molecule has 0 unspecified atom stereocenters. The van der Waals surface area contributed by atoms with Crippen molar-refractivity contribution >= 4 is 11.8 Å². The zero-order chi connectivity index (χ0) is 17.9. The molecular formula is C19H36O4. The van der Waals surface area contributed by atoms with E-state index in [4.69, 9.17) is 10.2 Å². The number of aliphatic carboxylic acids is 1. The molecule has 4 nitrogen and oxygen atoms in total. The summed E-state index contributed by atoms with van der Waals surface area (Å²) < 4.78 is 0. The van der Waals surface area contributed by atoms with E-state index in [-0.39, 0.29) is 23.9 Å². The van der Waals surface area contributed by atoms with Gasteiger partial charge in [0.1, 0.15) is 5.78 Å². The Morgan fingerprint density at radius 3 is 1.70 bits per heavy atom. The topological polar surface area (TPSA) is 74.6 Å². The monoisotopic (exact) mass is 328 g/mol. The molecular weight excluding hydrogens is 292 g/mol. The summed E-state index contributed by atoms with van der Waals surface area (Å²) in [4.78, 5) is 22.6. The Morgan fingerprint density at radius 1 is 0.783 bits per heavy atom. The van der Waals surface area contributed by atoms with Crippen LogP contribution in [-0.4, -0.2) is 28.6 Å². The molecule has 0 aliphatic rings. The van der Waals surface area contributed by atoms with Gasteiger partial charge in [-0.2, -0.15) is 0 Å². The van der Waals surface area contributed by atoms with Gasteiger partial charge in [-0.15, -0.1) is 0 Å². The lowest BCUT2D eigenvalue weighted by atomic mass is 9.83. The average Bonchev–Trinajstić information content (AvgIpc) is 2.38. The summed E-state index contributed by atoms with van der Waals surface area (Å²) in [5, 5.41) is 17.8. The Balaban J connectivity index is 3.71. The number of ketones is 1. The van der Waals surface area contributed by atoms with E-state index in [0.29, 0.717) is 18.6 Å². The van der Waals surface area contributed by atoms with Gasteiger partial charge in [0.2, 0.25) is 0 Å². The highest BCUT2D eigenvalue weighted by Crippen LogP contribution is 2.28. The number of aliphatic hydroxyl groups is 1. The lowest BCUT2D eigenvalue weighted by Gasteiger charge is -2.23. The molecule has 0 bridgehead atoms. The van der Waals surface area contributed by atoms with Gasteiger partial charge >= 0.3 is 5.97 Å². The Labute approximate surface area is 141 Å². The zero-order valence-electron chi connectivity index (χ0n) is 15.5. The maximum Gasteiger partial charge on any atom is 0.303 e. The molecule has 0 aliphatic carbocycles. The van der Waals surface area contributed by atoms with E-state index in [1.807, 2.05) is 13.8 Å². The summed E-state index contributed by atoms with van der Waals surface area (Å²) in [6.45, 7) is 8.48. The van der Waals surface area contributed by atoms with Gasteiger partial charge in [-0.25, -0.2) is 0 Å². The number of carbonyl (C=O) groups excluding carboxylic acids is 1. The number of Topliss-reactive ketones (excluding diaryl/α,β-unsaturated/α-hetero) is 1. The minimum Gasteiger partial charge on any atom is -0.481 e. The predicted molar refractivity (Wildman–Crippen MR) is 93.5 cm³/mol. The number of aliphatic hydroxyl groups excluding tert-OH is 1. The molecule has 0 aliphatic heterocycles. The maximum atomic E-state index is 11.9. The molecule has 0 amide bonds. The molecule has 0 spiro atoms. The second-order valence-electron chi connectivity index (χ2n) is 8.33. The number of carboxylic acids is 1. The van der Waals surface area contributed by atoms with E-state index >= 15 is 0 Å². The molecule has 0 rings (SSSR count). The standard InChI is InChI=1S/C19H36O4/c1-18(2,13-14-20)11-7-5-9-16(21)10-6-8-12-19(3,4)15-17(22)23/h20H,5-15H2,1-4H3,(H,22,23). The number of hydrogen-bond acceptors (Lipinski definition) is 3. The number of carboxylic acid groups (broad SMARTS) is 1. The van der Waals surface area contributed by atoms with Gasteiger partial charge in [0.05, 0.1) is 6.42 Å². The van der Waals surface area contributed by atoms with Crippen LogP contribution >= 0.6 is 0 Å². The van der Waals surface area contributed by atoms with Crippen molar-refractivity contribution in [2.24, 2.45) is 10.8 Å². The quantitative estimate of drug-likeness (QED) is 0.457. The van der Waals surface area contributed by atoms with Crippen LogP contribution in [0, 0.1) is 10.8 Å². The van der Waals surface area contributed by atoms with E-state index in [0.717, 1.165) is 44.9 Å². The van der Waals surface area contributed by atoms with Crippen molar-refractivity contribution < 1.29 is 19.8 Å². The van der Waals surface area contributed by atoms with E-state index in [2.05, 4.69) is 13.8 Å². The van der Waals surface area contributed by atoms with Crippen LogP contribution in [0.1, 0.15) is 91.9 Å². The lowest BCUT2D eigenvalue weighted by Crippen LogP contribution is -2.16. The van der Waals surface area contributed by atoms with Crippen molar-refractivity contribution in [3.8, 4) is 0 Å². The van der Waals surface area contributed by atoms with Gasteiger partial charge in [0.25, 0.3) is 0 Å². The van der Waals surface area contributed by atoms with Crippen LogP contribution in [-0.2, 0) is 9.59 Å². The highest BCUT2D eigenvalue weighted by molar-refractivity contribution is 5.78. The number of rotatable bonds is 14. The summed E-state index contributed by atoms with van der Waals surface area (Å²) in [5.74, 6) is -0.434. The lowest BCUT2D eigenvalue weighted by molar-refractivity contribution is -0.139. The van der Waals surface area contributed by atoms with Crippen molar-refractivity contribution in [3.63, 3.8) is 0 Å². The molecule has 0 saturated carbocycles. The molecule has 0 atom stereocenters. The molecule has 0 saturated heterocycles. The fourth-order valence-electron chi connectivity index (χ4n) is 2.90. The molecule has 2 N–H and O–H groups in total. The molecule has 136 valence electrons. The average molecular weight is 328 g/mol. The van der Waals surface area contributed by atoms with E-state index in [1.54, 1.807) is 0 Å². The van der Waals surface area contributed by atoms with Gasteiger partial charge in [-0.3, -0.25) is 9.59 Å². The van der Waals surface area contributed by atoms with Crippen molar-refractivity contribution in [1.29, 1.82) is 0 Å². The molecule has 0 heterocycles. The first-order chi connectivity index (χ1) is 10.6. The van der Waals surface area contributed by atoms with Crippen LogP contribution in [0.3, 0.4) is 0 Å². The largest absolute Gasteiger partial charge is 0.481 e. The number of hydrogen-bond donors (Lipinski definition) is 2. The summed E-state index contributed by atoms with van der Waals surface area (Å²) in [7, 11) is 0. The van der Waals surface area contributed by atoms with Crippen LogP contribution < -0.4 is 0 Å². The van der Waals surface area contributed by atoms with E-state index in [9.17, 15) is 9.59 Å². The van der Waals surface area contributed by atoms with Crippen LogP contribution in [0.2, 0.25) is 0 Å². The summed E-state index contributed by atoms with van der Waals surface area (Å²) in [6.07, 6.45) is 7.89. The SMILES string of the molecule is CC(C)(CCO)CCCCC(=O)CCCCC(C)(C)CC(=O)O. The molecule has 4 heteroatoms. The third-order valence-corrected chi connectivity index (χ3v) is 4.54. The Morgan fingerprint density at radius 2 is 1.26 bits per heavy atom. The second kappa shape index (κ2) is 10.8. The Bertz CT molecular complexity index is 358. The molecule has 0 radical (unpaired) electrons. The minimum absolute atomic E-state index is 0.160. The predicted octanol–water partition coefficient (Wildman–Crippen LogP) is 4.59. The molecule has 0 aromatic heterocycles. The highest BCUT2D eigenvalue weighted by Gasteiger charge is 2.21. The third kappa shape index (κ3) is 13.3. The van der Waals surface area contributed by atoms with Crippen molar-refractivity contribution in [2.75, 3.05) is 6.61 Å². The van der Waals surface area contributed by atoms with Gasteiger partial charge < -0.3 is 10.2 Å². The number of carbonyl (C=O) groups is 2. The maximum absolute atomic E-state index is 11.9. The van der Waals surface area contributed by atoms with Crippen LogP contribution in [0.15, 0.2) is 0 Å². The second-order valence-corrected chi connectivity index (χ2v) is 8.33. The van der Waals surface area contributed by atoms with Gasteiger partial charge in [-0.05, 0) is 42.9 Å². The van der Waals surface area contributed by atoms with Gasteiger partial charge in [0.15, 0.2) is 0 Å². The third-order valence-electron chi connectivity index (χ3n) is 4.54. The fraction of sp³-hybridized carbons (Fsp3) is 0.895. The molecule has 0 aromatic rings. The van der Waals surface area contributed by atoms with Gasteiger partial charge in [0, 0.05) is 19.4 Å². The van der Waals surface area contributed by atoms with Crippen LogP contribution in [0.5, 0.6) is 0 Å². The highest BCUT2D eigenvalue weighted by atomic mass is 16.4. The van der Waals surface area contributed by atoms with Gasteiger partial charge in [-0.1, -0.05) is 40.5 Å². The fourth-order valence-corrected chi connectivity index (χ4v) is 2.90. The zero-order valence-corrected chi connectivity index (χ0v) is 15.5. The van der Waals surface area contributed by atoms with Crippen LogP contribution in [0.25, 0.3) is 0 Å². The minimum atomic E-state index is -0.754. The first-order valence-corrected chi connectivity index (χ1v) is 8.92. The normalized spacial score (nSPS) is 12.4. The molecule has 23 heavy (non-hydrogen) atoms. The first kappa shape index (κ1) is 22.1. The first-order valence-electron chi connectivity index (χ1n) is 8.92. The summed E-state index contributed by atoms with van der Waals surface area (Å²) in [5.41, 5.74) is -0.0271. The van der Waals surface area contributed by atoms with Crippen LogP contribution in [0.4, 0.5) is 0 Å². The molecule has 0 aromatic carbocycles. The van der Waals surface area contributed by atoms with Crippen molar-refractivity contribution in [2.45, 2.75) is 91.9 Å². The number of unbranched alkanes of at least 4 members (excludes halogenated alkanes) is 2. The summed E-state index contributed by atoms with van der Waals surface area (Å²) >= 11 is 0. The van der Waals surface area contributed by atoms with Crippen molar-refractivity contribution in [1.82, 2.24) is 0 Å². The summed E-state index contributed by atoms with van der Waals surface area (Å²) in [6, 6.07) is 0. The van der Waals surface area contributed by atoms with Crippen molar-refractivity contribution in [3.05, 3.63) is 0 Å². The smallest absolute Gasteiger partial charge is 0.303 e. The molecule has 0 fully saturated rings.